The van der Waals surface area contributed by atoms with Gasteiger partial charge in [0.25, 0.3) is 0 Å². The molecule has 0 fully saturated rings. The van der Waals surface area contributed by atoms with Crippen molar-refractivity contribution in [1.82, 2.24) is 20.2 Å². The Bertz CT molecular complexity index is 723. The van der Waals surface area contributed by atoms with Crippen LogP contribution in [0.4, 0.5) is 5.95 Å². The van der Waals surface area contributed by atoms with Crippen LogP contribution in [-0.2, 0) is 0 Å². The van der Waals surface area contributed by atoms with Crippen LogP contribution >= 0.6 is 0 Å². The first kappa shape index (κ1) is 15.2. The lowest BCUT2D eigenvalue weighted by molar-refractivity contribution is -0.890. The van der Waals surface area contributed by atoms with Crippen molar-refractivity contribution in [2.24, 2.45) is 0 Å². The molecule has 0 aliphatic rings. The predicted molar refractivity (Wildman–Crippen MR) is 89.6 cm³/mol. The van der Waals surface area contributed by atoms with Crippen LogP contribution in [0.25, 0.3) is 5.69 Å². The maximum Gasteiger partial charge on any atom is 0.247 e. The minimum Gasteiger partial charge on any atom is -0.346 e. The van der Waals surface area contributed by atoms with Crippen molar-refractivity contribution in [2.45, 2.75) is 6.04 Å². The SMILES string of the molecule is C[NH+](C)[C@@H](CNc1nnnn1-c1ccccc1)c1ccccc1. The summed E-state index contributed by atoms with van der Waals surface area (Å²) in [6.45, 7) is 0.750. The average molecular weight is 309 g/mol. The molecule has 0 aliphatic heterocycles. The molecular weight excluding hydrogens is 288 g/mol. The number of aromatic nitrogens is 4. The number of likely N-dealkylation sites (N-methyl/N-ethyl adjacent to an activating group) is 1. The number of hydrogen-bond donors (Lipinski definition) is 2. The summed E-state index contributed by atoms with van der Waals surface area (Å²) >= 11 is 0. The van der Waals surface area contributed by atoms with E-state index in [9.17, 15) is 0 Å². The van der Waals surface area contributed by atoms with E-state index in [1.54, 1.807) is 4.68 Å². The van der Waals surface area contributed by atoms with E-state index in [1.807, 2.05) is 36.4 Å². The van der Waals surface area contributed by atoms with Gasteiger partial charge in [0.1, 0.15) is 6.04 Å². The molecule has 1 atom stereocenters. The van der Waals surface area contributed by atoms with E-state index in [-0.39, 0.29) is 0 Å². The normalized spacial score (nSPS) is 12.3. The molecule has 0 radical (unpaired) electrons. The zero-order valence-electron chi connectivity index (χ0n) is 13.3. The molecule has 118 valence electrons. The summed E-state index contributed by atoms with van der Waals surface area (Å²) in [5, 5.41) is 15.3. The molecule has 0 amide bonds. The second-order valence-corrected chi connectivity index (χ2v) is 5.67. The molecule has 0 unspecified atom stereocenters. The van der Waals surface area contributed by atoms with Crippen LogP contribution in [-0.4, -0.2) is 40.8 Å². The van der Waals surface area contributed by atoms with Crippen molar-refractivity contribution in [3.63, 3.8) is 0 Å². The maximum atomic E-state index is 4.10. The first-order valence-electron chi connectivity index (χ1n) is 7.68. The van der Waals surface area contributed by atoms with E-state index in [2.05, 4.69) is 59.2 Å². The Balaban J connectivity index is 1.77. The third-order valence-electron chi connectivity index (χ3n) is 3.83. The Hall–Kier alpha value is -2.73. The van der Waals surface area contributed by atoms with Gasteiger partial charge in [0.15, 0.2) is 0 Å². The molecule has 0 saturated heterocycles. The Morgan fingerprint density at radius 2 is 1.65 bits per heavy atom. The van der Waals surface area contributed by atoms with Gasteiger partial charge in [-0.1, -0.05) is 53.6 Å². The topological polar surface area (TPSA) is 60.1 Å². The largest absolute Gasteiger partial charge is 0.346 e. The van der Waals surface area contributed by atoms with Crippen molar-refractivity contribution in [1.29, 1.82) is 0 Å². The molecule has 0 saturated carbocycles. The molecule has 0 bridgehead atoms. The number of rotatable bonds is 6. The molecule has 6 nitrogen and oxygen atoms in total. The van der Waals surface area contributed by atoms with Gasteiger partial charge >= 0.3 is 0 Å². The number of nitrogens with zero attached hydrogens (tertiary/aromatic N) is 4. The van der Waals surface area contributed by atoms with Crippen LogP contribution in [0.15, 0.2) is 60.7 Å². The van der Waals surface area contributed by atoms with Crippen molar-refractivity contribution in [3.05, 3.63) is 66.2 Å². The highest BCUT2D eigenvalue weighted by molar-refractivity contribution is 5.38. The van der Waals surface area contributed by atoms with Crippen molar-refractivity contribution >= 4 is 5.95 Å². The maximum absolute atomic E-state index is 4.10. The summed E-state index contributed by atoms with van der Waals surface area (Å²) in [7, 11) is 4.30. The summed E-state index contributed by atoms with van der Waals surface area (Å²) in [4.78, 5) is 1.35. The van der Waals surface area contributed by atoms with Gasteiger partial charge in [-0.15, -0.1) is 0 Å². The lowest BCUT2D eigenvalue weighted by atomic mass is 10.1. The highest BCUT2D eigenvalue weighted by Crippen LogP contribution is 2.13. The first-order chi connectivity index (χ1) is 11.3. The number of nitrogens with one attached hydrogen (secondary N) is 2. The van der Waals surface area contributed by atoms with Gasteiger partial charge in [0.05, 0.1) is 26.3 Å². The highest BCUT2D eigenvalue weighted by Gasteiger charge is 2.18. The quantitative estimate of drug-likeness (QED) is 0.712. The highest BCUT2D eigenvalue weighted by atomic mass is 15.6. The third kappa shape index (κ3) is 3.54. The summed E-state index contributed by atoms with van der Waals surface area (Å²) in [5.74, 6) is 0.651. The molecule has 2 N–H and O–H groups in total. The van der Waals surface area contributed by atoms with Crippen LogP contribution in [0.2, 0.25) is 0 Å². The molecule has 3 rings (SSSR count). The van der Waals surface area contributed by atoms with E-state index in [4.69, 9.17) is 0 Å². The zero-order chi connectivity index (χ0) is 16.1. The van der Waals surface area contributed by atoms with Crippen molar-refractivity contribution in [2.75, 3.05) is 26.0 Å². The summed E-state index contributed by atoms with van der Waals surface area (Å²) < 4.78 is 1.72. The minimum absolute atomic E-state index is 0.317. The van der Waals surface area contributed by atoms with E-state index < -0.39 is 0 Å². The van der Waals surface area contributed by atoms with Crippen molar-refractivity contribution in [3.8, 4) is 5.69 Å². The van der Waals surface area contributed by atoms with Gasteiger partial charge in [-0.25, -0.2) is 0 Å². The van der Waals surface area contributed by atoms with Crippen LogP contribution < -0.4 is 10.2 Å². The zero-order valence-corrected chi connectivity index (χ0v) is 13.3. The van der Waals surface area contributed by atoms with Gasteiger partial charge in [0, 0.05) is 5.56 Å². The lowest BCUT2D eigenvalue weighted by Gasteiger charge is -2.22. The van der Waals surface area contributed by atoms with E-state index in [1.165, 1.54) is 10.5 Å². The standard InChI is InChI=1S/C17H20N6/c1-22(2)16(14-9-5-3-6-10-14)13-18-17-19-20-21-23(17)15-11-7-4-8-12-15/h3-12,16H,13H2,1-2H3,(H,18,19,21)/p+1/t16-/m0/s1. The number of para-hydroxylation sites is 1. The van der Waals surface area contributed by atoms with Crippen LogP contribution in [0.3, 0.4) is 0 Å². The fourth-order valence-corrected chi connectivity index (χ4v) is 2.57. The summed E-state index contributed by atoms with van der Waals surface area (Å²) in [5.41, 5.74) is 2.23. The second kappa shape index (κ2) is 7.02. The van der Waals surface area contributed by atoms with E-state index >= 15 is 0 Å². The van der Waals surface area contributed by atoms with Crippen molar-refractivity contribution < 1.29 is 4.90 Å². The minimum atomic E-state index is 0.317. The fourth-order valence-electron chi connectivity index (χ4n) is 2.57. The summed E-state index contributed by atoms with van der Waals surface area (Å²) in [6, 6.07) is 20.7. The summed E-state index contributed by atoms with van der Waals surface area (Å²) in [6.07, 6.45) is 0. The number of benzene rings is 2. The number of hydrogen-bond acceptors (Lipinski definition) is 4. The predicted octanol–water partition coefficient (Wildman–Crippen LogP) is 0.960. The molecule has 0 aliphatic carbocycles. The van der Waals surface area contributed by atoms with Crippen LogP contribution in [0, 0.1) is 0 Å². The molecule has 0 spiro atoms. The van der Waals surface area contributed by atoms with Crippen LogP contribution in [0.1, 0.15) is 11.6 Å². The lowest BCUT2D eigenvalue weighted by Crippen LogP contribution is -3.06. The van der Waals surface area contributed by atoms with Gasteiger partial charge < -0.3 is 10.2 Å². The average Bonchev–Trinajstić information content (AvgIpc) is 3.05. The third-order valence-corrected chi connectivity index (χ3v) is 3.83. The Morgan fingerprint density at radius 3 is 2.30 bits per heavy atom. The number of quaternary nitrogens is 1. The molecule has 1 aromatic heterocycles. The van der Waals surface area contributed by atoms with Crippen LogP contribution in [0.5, 0.6) is 0 Å². The molecular formula is C17H21N6+. The Kier molecular flexibility index (Phi) is 4.63. The monoisotopic (exact) mass is 309 g/mol. The van der Waals surface area contributed by atoms with Gasteiger partial charge in [-0.05, 0) is 22.6 Å². The second-order valence-electron chi connectivity index (χ2n) is 5.67. The van der Waals surface area contributed by atoms with Gasteiger partial charge in [-0.3, -0.25) is 0 Å². The molecule has 6 heteroatoms. The number of tetrazole rings is 1. The van der Waals surface area contributed by atoms with E-state index in [0.29, 0.717) is 12.0 Å². The fraction of sp³-hybridized carbons (Fsp3) is 0.235. The van der Waals surface area contributed by atoms with Gasteiger partial charge in [0.2, 0.25) is 5.95 Å². The van der Waals surface area contributed by atoms with Gasteiger partial charge in [-0.2, -0.15) is 4.68 Å². The molecule has 3 aromatic rings. The Morgan fingerprint density at radius 1 is 1.00 bits per heavy atom. The molecule has 2 aromatic carbocycles. The first-order valence-corrected chi connectivity index (χ1v) is 7.68. The molecule has 23 heavy (non-hydrogen) atoms. The smallest absolute Gasteiger partial charge is 0.247 e. The molecule has 1 heterocycles. The Labute approximate surface area is 135 Å². The number of anilines is 1. The van der Waals surface area contributed by atoms with E-state index in [0.717, 1.165) is 12.2 Å².